The van der Waals surface area contributed by atoms with Crippen LogP contribution in [0.5, 0.6) is 5.75 Å². The summed E-state index contributed by atoms with van der Waals surface area (Å²) in [4.78, 5) is 4.18. The summed E-state index contributed by atoms with van der Waals surface area (Å²) < 4.78 is 0. The molecule has 0 spiro atoms. The predicted octanol–water partition coefficient (Wildman–Crippen LogP) is 3.36. The maximum atomic E-state index is 9.67. The Morgan fingerprint density at radius 1 is 1.35 bits per heavy atom. The van der Waals surface area contributed by atoms with E-state index in [9.17, 15) is 5.11 Å². The molecule has 0 atom stereocenters. The van der Waals surface area contributed by atoms with E-state index < -0.39 is 0 Å². The third-order valence-corrected chi connectivity index (χ3v) is 2.75. The number of aryl methyl sites for hydroxylation is 1. The number of hydrogen-bond acceptors (Lipinski definition) is 3. The molecule has 1 aromatic heterocycles. The summed E-state index contributed by atoms with van der Waals surface area (Å²) in [5.74, 6) is 0.239. The smallest absolute Gasteiger partial charge is 0.120 e. The molecule has 0 unspecified atom stereocenters. The largest absolute Gasteiger partial charge is 0.508 e. The van der Waals surface area contributed by atoms with Gasteiger partial charge in [-0.2, -0.15) is 0 Å². The number of anilines is 1. The SMILES string of the molecule is Cc1ncccc1NCc1cc(Cl)ccc1O. The zero-order chi connectivity index (χ0) is 12.3. The molecule has 3 nitrogen and oxygen atoms in total. The maximum Gasteiger partial charge on any atom is 0.120 e. The van der Waals surface area contributed by atoms with Crippen molar-refractivity contribution >= 4 is 17.3 Å². The lowest BCUT2D eigenvalue weighted by Crippen LogP contribution is -2.02. The average molecular weight is 249 g/mol. The molecule has 0 saturated carbocycles. The van der Waals surface area contributed by atoms with Crippen molar-refractivity contribution in [1.29, 1.82) is 0 Å². The van der Waals surface area contributed by atoms with Crippen LogP contribution in [-0.2, 0) is 6.54 Å². The summed E-state index contributed by atoms with van der Waals surface area (Å²) in [6.07, 6.45) is 1.75. The molecule has 2 rings (SSSR count). The van der Waals surface area contributed by atoms with E-state index in [1.165, 1.54) is 0 Å². The fraction of sp³-hybridized carbons (Fsp3) is 0.154. The summed E-state index contributed by atoms with van der Waals surface area (Å²) in [6.45, 7) is 2.44. The molecular weight excluding hydrogens is 236 g/mol. The zero-order valence-corrected chi connectivity index (χ0v) is 10.2. The minimum Gasteiger partial charge on any atom is -0.508 e. The van der Waals surface area contributed by atoms with Crippen molar-refractivity contribution in [3.8, 4) is 5.75 Å². The predicted molar refractivity (Wildman–Crippen MR) is 69.4 cm³/mol. The van der Waals surface area contributed by atoms with Crippen LogP contribution in [0.2, 0.25) is 5.02 Å². The highest BCUT2D eigenvalue weighted by atomic mass is 35.5. The number of aromatic nitrogens is 1. The lowest BCUT2D eigenvalue weighted by Gasteiger charge is -2.10. The molecule has 88 valence electrons. The van der Waals surface area contributed by atoms with Gasteiger partial charge in [0.15, 0.2) is 0 Å². The summed E-state index contributed by atoms with van der Waals surface area (Å²) in [5.41, 5.74) is 2.64. The lowest BCUT2D eigenvalue weighted by molar-refractivity contribution is 0.469. The van der Waals surface area contributed by atoms with Gasteiger partial charge in [-0.3, -0.25) is 4.98 Å². The Kier molecular flexibility index (Phi) is 3.49. The fourth-order valence-corrected chi connectivity index (χ4v) is 1.75. The molecule has 2 N–H and O–H groups in total. The molecule has 0 saturated heterocycles. The highest BCUT2D eigenvalue weighted by molar-refractivity contribution is 6.30. The lowest BCUT2D eigenvalue weighted by atomic mass is 10.2. The summed E-state index contributed by atoms with van der Waals surface area (Å²) in [6, 6.07) is 8.82. The molecule has 2 aromatic rings. The first-order valence-electron chi connectivity index (χ1n) is 5.29. The molecule has 17 heavy (non-hydrogen) atoms. The Morgan fingerprint density at radius 3 is 2.94 bits per heavy atom. The van der Waals surface area contributed by atoms with Gasteiger partial charge in [0, 0.05) is 23.3 Å². The van der Waals surface area contributed by atoms with Gasteiger partial charge in [-0.05, 0) is 37.3 Å². The molecule has 0 fully saturated rings. The Hall–Kier alpha value is -1.74. The highest BCUT2D eigenvalue weighted by Gasteiger charge is 2.03. The molecule has 0 radical (unpaired) electrons. The average Bonchev–Trinajstić information content (AvgIpc) is 2.32. The molecule has 0 aliphatic heterocycles. The van der Waals surface area contributed by atoms with Crippen molar-refractivity contribution < 1.29 is 5.11 Å². The van der Waals surface area contributed by atoms with Gasteiger partial charge < -0.3 is 10.4 Å². The molecule has 1 aromatic carbocycles. The molecule has 0 bridgehead atoms. The monoisotopic (exact) mass is 248 g/mol. The summed E-state index contributed by atoms with van der Waals surface area (Å²) in [7, 11) is 0. The Morgan fingerprint density at radius 2 is 2.18 bits per heavy atom. The first-order valence-corrected chi connectivity index (χ1v) is 5.67. The van der Waals surface area contributed by atoms with Gasteiger partial charge in [-0.1, -0.05) is 11.6 Å². The molecule has 0 aliphatic carbocycles. The topological polar surface area (TPSA) is 45.2 Å². The number of phenols is 1. The third kappa shape index (κ3) is 2.88. The van der Waals surface area contributed by atoms with Crippen LogP contribution >= 0.6 is 11.6 Å². The number of halogens is 1. The van der Waals surface area contributed by atoms with Crippen molar-refractivity contribution in [2.45, 2.75) is 13.5 Å². The van der Waals surface area contributed by atoms with Crippen LogP contribution < -0.4 is 5.32 Å². The van der Waals surface area contributed by atoms with Crippen LogP contribution in [0.3, 0.4) is 0 Å². The second-order valence-corrected chi connectivity index (χ2v) is 4.20. The quantitative estimate of drug-likeness (QED) is 0.876. The molecule has 0 aliphatic rings. The van der Waals surface area contributed by atoms with Crippen molar-refractivity contribution in [2.75, 3.05) is 5.32 Å². The molecular formula is C13H13ClN2O. The Labute approximate surface area is 105 Å². The van der Waals surface area contributed by atoms with E-state index in [4.69, 9.17) is 11.6 Å². The van der Waals surface area contributed by atoms with E-state index in [0.717, 1.165) is 16.9 Å². The Bertz CT molecular complexity index is 529. The normalized spacial score (nSPS) is 10.2. The minimum absolute atomic E-state index is 0.239. The van der Waals surface area contributed by atoms with Crippen LogP contribution in [0.15, 0.2) is 36.5 Å². The van der Waals surface area contributed by atoms with Gasteiger partial charge in [-0.25, -0.2) is 0 Å². The van der Waals surface area contributed by atoms with Crippen LogP contribution in [0.25, 0.3) is 0 Å². The van der Waals surface area contributed by atoms with E-state index in [0.29, 0.717) is 11.6 Å². The highest BCUT2D eigenvalue weighted by Crippen LogP contribution is 2.22. The second-order valence-electron chi connectivity index (χ2n) is 3.76. The number of nitrogens with zero attached hydrogens (tertiary/aromatic N) is 1. The van der Waals surface area contributed by atoms with Gasteiger partial charge in [0.2, 0.25) is 0 Å². The van der Waals surface area contributed by atoms with E-state index in [1.54, 1.807) is 24.4 Å². The van der Waals surface area contributed by atoms with E-state index in [2.05, 4.69) is 10.3 Å². The minimum atomic E-state index is 0.239. The fourth-order valence-electron chi connectivity index (χ4n) is 1.56. The van der Waals surface area contributed by atoms with Gasteiger partial charge in [0.25, 0.3) is 0 Å². The van der Waals surface area contributed by atoms with Crippen LogP contribution in [0.1, 0.15) is 11.3 Å². The summed E-state index contributed by atoms with van der Waals surface area (Å²) >= 11 is 5.88. The molecule has 1 heterocycles. The van der Waals surface area contributed by atoms with Gasteiger partial charge in [0.05, 0.1) is 11.4 Å². The first kappa shape index (κ1) is 11.7. The van der Waals surface area contributed by atoms with E-state index in [1.807, 2.05) is 19.1 Å². The van der Waals surface area contributed by atoms with E-state index in [-0.39, 0.29) is 5.75 Å². The van der Waals surface area contributed by atoms with Crippen molar-refractivity contribution in [3.63, 3.8) is 0 Å². The number of rotatable bonds is 3. The number of aromatic hydroxyl groups is 1. The van der Waals surface area contributed by atoms with Gasteiger partial charge in [-0.15, -0.1) is 0 Å². The zero-order valence-electron chi connectivity index (χ0n) is 9.44. The van der Waals surface area contributed by atoms with Crippen molar-refractivity contribution in [2.24, 2.45) is 0 Å². The molecule has 0 amide bonds. The molecule has 4 heteroatoms. The summed E-state index contributed by atoms with van der Waals surface area (Å²) in [5, 5.41) is 13.5. The van der Waals surface area contributed by atoms with Crippen LogP contribution in [-0.4, -0.2) is 10.1 Å². The number of benzene rings is 1. The first-order chi connectivity index (χ1) is 8.16. The number of hydrogen-bond donors (Lipinski definition) is 2. The Balaban J connectivity index is 2.12. The number of nitrogens with one attached hydrogen (secondary N) is 1. The third-order valence-electron chi connectivity index (χ3n) is 2.52. The van der Waals surface area contributed by atoms with Crippen LogP contribution in [0.4, 0.5) is 5.69 Å². The van der Waals surface area contributed by atoms with Gasteiger partial charge >= 0.3 is 0 Å². The van der Waals surface area contributed by atoms with Crippen molar-refractivity contribution in [3.05, 3.63) is 52.8 Å². The number of phenolic OH excluding ortho intramolecular Hbond substituents is 1. The second kappa shape index (κ2) is 5.06. The standard InChI is InChI=1S/C13H13ClN2O/c1-9-12(3-2-6-15-9)16-8-10-7-11(14)4-5-13(10)17/h2-7,16-17H,8H2,1H3. The van der Waals surface area contributed by atoms with Gasteiger partial charge in [0.1, 0.15) is 5.75 Å². The maximum absolute atomic E-state index is 9.67. The van der Waals surface area contributed by atoms with E-state index >= 15 is 0 Å². The van der Waals surface area contributed by atoms with Crippen molar-refractivity contribution in [1.82, 2.24) is 4.98 Å². The van der Waals surface area contributed by atoms with Crippen LogP contribution in [0, 0.1) is 6.92 Å². The number of pyridine rings is 1.